The monoisotopic (exact) mass is 254 g/mol. The standard InChI is InChI=1S/C12H18N2O2S/c15-12(16)6-10-8-17-11(14-10)7-13-9-4-2-1-3-5-9/h8-9,13H,1-7H2,(H,15,16). The van der Waals surface area contributed by atoms with Gasteiger partial charge in [-0.3, -0.25) is 4.79 Å². The molecule has 0 unspecified atom stereocenters. The first-order valence-electron chi connectivity index (χ1n) is 6.12. The molecular weight excluding hydrogens is 236 g/mol. The molecule has 1 aliphatic rings. The molecule has 1 fully saturated rings. The van der Waals surface area contributed by atoms with Gasteiger partial charge in [-0.1, -0.05) is 19.3 Å². The highest BCUT2D eigenvalue weighted by atomic mass is 32.1. The van der Waals surface area contributed by atoms with Crippen LogP contribution in [0.5, 0.6) is 0 Å². The predicted octanol–water partition coefficient (Wildman–Crippen LogP) is 2.19. The van der Waals surface area contributed by atoms with Crippen LogP contribution in [0.3, 0.4) is 0 Å². The summed E-state index contributed by atoms with van der Waals surface area (Å²) in [4.78, 5) is 14.8. The van der Waals surface area contributed by atoms with Crippen LogP contribution in [0, 0.1) is 0 Å². The first-order chi connectivity index (χ1) is 8.24. The van der Waals surface area contributed by atoms with E-state index in [1.165, 1.54) is 32.1 Å². The number of hydrogen-bond donors (Lipinski definition) is 2. The fourth-order valence-corrected chi connectivity index (χ4v) is 2.95. The van der Waals surface area contributed by atoms with Gasteiger partial charge in [-0.15, -0.1) is 11.3 Å². The van der Waals surface area contributed by atoms with E-state index in [0.717, 1.165) is 11.6 Å². The second-order valence-electron chi connectivity index (χ2n) is 4.52. The molecule has 5 heteroatoms. The smallest absolute Gasteiger partial charge is 0.309 e. The molecule has 0 bridgehead atoms. The van der Waals surface area contributed by atoms with Gasteiger partial charge in [0, 0.05) is 18.0 Å². The highest BCUT2D eigenvalue weighted by molar-refractivity contribution is 7.09. The predicted molar refractivity (Wildman–Crippen MR) is 67.2 cm³/mol. The van der Waals surface area contributed by atoms with Crippen molar-refractivity contribution < 1.29 is 9.90 Å². The van der Waals surface area contributed by atoms with Crippen molar-refractivity contribution in [3.8, 4) is 0 Å². The molecule has 4 nitrogen and oxygen atoms in total. The summed E-state index contributed by atoms with van der Waals surface area (Å²) in [6, 6.07) is 0.621. The number of aliphatic carboxylic acids is 1. The fraction of sp³-hybridized carbons (Fsp3) is 0.667. The second-order valence-corrected chi connectivity index (χ2v) is 5.46. The number of rotatable bonds is 5. The third-order valence-corrected chi connectivity index (χ3v) is 3.98. The lowest BCUT2D eigenvalue weighted by Gasteiger charge is -2.22. The Morgan fingerprint density at radius 2 is 2.24 bits per heavy atom. The molecule has 1 aliphatic carbocycles. The average Bonchev–Trinajstić information content (AvgIpc) is 2.75. The first-order valence-corrected chi connectivity index (χ1v) is 7.00. The molecule has 0 atom stereocenters. The fourth-order valence-electron chi connectivity index (χ4n) is 2.20. The second kappa shape index (κ2) is 6.12. The molecule has 1 aromatic heterocycles. The van der Waals surface area contributed by atoms with Crippen molar-refractivity contribution in [2.24, 2.45) is 0 Å². The molecule has 2 rings (SSSR count). The van der Waals surface area contributed by atoms with Crippen LogP contribution in [-0.4, -0.2) is 22.1 Å². The Kier molecular flexibility index (Phi) is 4.50. The average molecular weight is 254 g/mol. The van der Waals surface area contributed by atoms with E-state index in [9.17, 15) is 4.79 Å². The van der Waals surface area contributed by atoms with Crippen LogP contribution in [0.2, 0.25) is 0 Å². The zero-order valence-electron chi connectivity index (χ0n) is 9.82. The number of thiazole rings is 1. The van der Waals surface area contributed by atoms with Gasteiger partial charge in [0.25, 0.3) is 0 Å². The van der Waals surface area contributed by atoms with Crippen molar-refractivity contribution in [3.63, 3.8) is 0 Å². The number of carbonyl (C=O) groups is 1. The topological polar surface area (TPSA) is 62.2 Å². The van der Waals surface area contributed by atoms with E-state index in [2.05, 4.69) is 10.3 Å². The maximum absolute atomic E-state index is 10.5. The molecule has 0 spiro atoms. The molecule has 0 aromatic carbocycles. The van der Waals surface area contributed by atoms with Crippen LogP contribution < -0.4 is 5.32 Å². The van der Waals surface area contributed by atoms with Gasteiger partial charge < -0.3 is 10.4 Å². The molecule has 1 heterocycles. The summed E-state index contributed by atoms with van der Waals surface area (Å²) in [5.74, 6) is -0.818. The van der Waals surface area contributed by atoms with Gasteiger partial charge >= 0.3 is 5.97 Å². The summed E-state index contributed by atoms with van der Waals surface area (Å²) in [5.41, 5.74) is 0.669. The minimum atomic E-state index is -0.818. The van der Waals surface area contributed by atoms with Crippen molar-refractivity contribution in [2.75, 3.05) is 0 Å². The van der Waals surface area contributed by atoms with Crippen LogP contribution in [0.4, 0.5) is 0 Å². The van der Waals surface area contributed by atoms with Gasteiger partial charge in [0.2, 0.25) is 0 Å². The molecule has 0 radical (unpaired) electrons. The summed E-state index contributed by atoms with van der Waals surface area (Å²) in [7, 11) is 0. The maximum Gasteiger partial charge on any atom is 0.309 e. The summed E-state index contributed by atoms with van der Waals surface area (Å²) in [5, 5.41) is 15.0. The van der Waals surface area contributed by atoms with Crippen molar-refractivity contribution in [1.82, 2.24) is 10.3 Å². The third kappa shape index (κ3) is 4.09. The molecule has 0 saturated heterocycles. The number of carboxylic acids is 1. The molecule has 1 saturated carbocycles. The minimum absolute atomic E-state index is 0.0277. The van der Waals surface area contributed by atoms with Gasteiger partial charge in [0.15, 0.2) is 0 Å². The Balaban J connectivity index is 1.78. The normalized spacial score (nSPS) is 17.2. The Morgan fingerprint density at radius 1 is 1.47 bits per heavy atom. The minimum Gasteiger partial charge on any atom is -0.481 e. The lowest BCUT2D eigenvalue weighted by Crippen LogP contribution is -2.30. The maximum atomic E-state index is 10.5. The summed E-state index contributed by atoms with van der Waals surface area (Å²) in [6.45, 7) is 0.773. The van der Waals surface area contributed by atoms with E-state index < -0.39 is 5.97 Å². The molecule has 0 amide bonds. The Hall–Kier alpha value is -0.940. The van der Waals surface area contributed by atoms with Crippen LogP contribution in [-0.2, 0) is 17.8 Å². The van der Waals surface area contributed by atoms with Gasteiger partial charge in [0.1, 0.15) is 5.01 Å². The highest BCUT2D eigenvalue weighted by Gasteiger charge is 2.13. The van der Waals surface area contributed by atoms with E-state index in [1.54, 1.807) is 11.3 Å². The molecule has 2 N–H and O–H groups in total. The first kappa shape index (κ1) is 12.5. The highest BCUT2D eigenvalue weighted by Crippen LogP contribution is 2.18. The van der Waals surface area contributed by atoms with Crippen molar-refractivity contribution >= 4 is 17.3 Å². The Morgan fingerprint density at radius 3 is 2.94 bits per heavy atom. The Bertz CT molecular complexity index is 372. The van der Waals surface area contributed by atoms with Crippen molar-refractivity contribution in [1.29, 1.82) is 0 Å². The van der Waals surface area contributed by atoms with E-state index in [0.29, 0.717) is 11.7 Å². The SMILES string of the molecule is O=C(O)Cc1csc(CNC2CCCCC2)n1. The number of aromatic nitrogens is 1. The molecule has 17 heavy (non-hydrogen) atoms. The largest absolute Gasteiger partial charge is 0.481 e. The Labute approximate surface area is 105 Å². The van der Waals surface area contributed by atoms with E-state index >= 15 is 0 Å². The van der Waals surface area contributed by atoms with Crippen molar-refractivity contribution in [2.45, 2.75) is 51.1 Å². The zero-order chi connectivity index (χ0) is 12.1. The quantitative estimate of drug-likeness (QED) is 0.845. The number of nitrogens with zero attached hydrogens (tertiary/aromatic N) is 1. The number of hydrogen-bond acceptors (Lipinski definition) is 4. The number of carboxylic acid groups (broad SMARTS) is 1. The lowest BCUT2D eigenvalue weighted by molar-refractivity contribution is -0.136. The van der Waals surface area contributed by atoms with E-state index in [1.807, 2.05) is 5.38 Å². The molecule has 0 aliphatic heterocycles. The van der Waals surface area contributed by atoms with E-state index in [4.69, 9.17) is 5.11 Å². The van der Waals surface area contributed by atoms with Gasteiger partial charge in [0.05, 0.1) is 12.1 Å². The van der Waals surface area contributed by atoms with Crippen LogP contribution in [0.25, 0.3) is 0 Å². The summed E-state index contributed by atoms with van der Waals surface area (Å²) < 4.78 is 0. The van der Waals surface area contributed by atoms with Crippen molar-refractivity contribution in [3.05, 3.63) is 16.1 Å². The van der Waals surface area contributed by atoms with Crippen LogP contribution >= 0.6 is 11.3 Å². The van der Waals surface area contributed by atoms with Gasteiger partial charge in [-0.25, -0.2) is 4.98 Å². The third-order valence-electron chi connectivity index (χ3n) is 3.08. The van der Waals surface area contributed by atoms with Gasteiger partial charge in [-0.05, 0) is 12.8 Å². The zero-order valence-corrected chi connectivity index (χ0v) is 10.6. The molecule has 1 aromatic rings. The van der Waals surface area contributed by atoms with Gasteiger partial charge in [-0.2, -0.15) is 0 Å². The van der Waals surface area contributed by atoms with Crippen LogP contribution in [0.1, 0.15) is 42.8 Å². The summed E-state index contributed by atoms with van der Waals surface area (Å²) in [6.07, 6.45) is 6.54. The van der Waals surface area contributed by atoms with Crippen LogP contribution in [0.15, 0.2) is 5.38 Å². The molecule has 94 valence electrons. The number of nitrogens with one attached hydrogen (secondary N) is 1. The lowest BCUT2D eigenvalue weighted by atomic mass is 9.96. The van der Waals surface area contributed by atoms with E-state index in [-0.39, 0.29) is 6.42 Å². The molecular formula is C12H18N2O2S. The summed E-state index contributed by atoms with van der Waals surface area (Å²) >= 11 is 1.54.